The van der Waals surface area contributed by atoms with Gasteiger partial charge in [0.2, 0.25) is 5.91 Å². The molecule has 82 valence electrons. The Balaban J connectivity index is 2.13. The Labute approximate surface area is 88.8 Å². The van der Waals surface area contributed by atoms with E-state index in [-0.39, 0.29) is 18.0 Å². The van der Waals surface area contributed by atoms with Crippen molar-refractivity contribution in [1.82, 2.24) is 9.78 Å². The standard InChI is InChI=1S/C10H16N4O/c1-3-4-13-6-8(5-12-13)14-7(2)9(11)10(14)15/h5-7,9H,3-4,11H2,1-2H3/t7-,9+/m0/s1. The second-order valence-electron chi connectivity index (χ2n) is 3.94. The summed E-state index contributed by atoms with van der Waals surface area (Å²) in [6, 6.07) is -0.267. The summed E-state index contributed by atoms with van der Waals surface area (Å²) in [4.78, 5) is 13.2. The lowest BCUT2D eigenvalue weighted by atomic mass is 9.97. The molecule has 1 amide bonds. The molecule has 0 bridgehead atoms. The minimum absolute atomic E-state index is 0.0152. The zero-order valence-electron chi connectivity index (χ0n) is 9.05. The molecule has 0 aromatic carbocycles. The molecule has 1 saturated heterocycles. The monoisotopic (exact) mass is 208 g/mol. The Morgan fingerprint density at radius 2 is 2.33 bits per heavy atom. The molecule has 2 rings (SSSR count). The molecule has 0 radical (unpaired) electrons. The van der Waals surface area contributed by atoms with Crippen molar-refractivity contribution >= 4 is 11.6 Å². The lowest BCUT2D eigenvalue weighted by molar-refractivity contribution is -0.125. The average Bonchev–Trinajstić information content (AvgIpc) is 2.66. The molecule has 0 saturated carbocycles. The number of aryl methyl sites for hydroxylation is 1. The molecule has 1 aliphatic rings. The van der Waals surface area contributed by atoms with Crippen LogP contribution >= 0.6 is 0 Å². The van der Waals surface area contributed by atoms with Gasteiger partial charge in [0.25, 0.3) is 0 Å². The van der Waals surface area contributed by atoms with Crippen molar-refractivity contribution < 1.29 is 4.79 Å². The second kappa shape index (κ2) is 3.66. The molecular weight excluding hydrogens is 192 g/mol. The van der Waals surface area contributed by atoms with Gasteiger partial charge in [0.1, 0.15) is 6.04 Å². The second-order valence-corrected chi connectivity index (χ2v) is 3.94. The topological polar surface area (TPSA) is 64.2 Å². The number of nitrogens with zero attached hydrogens (tertiary/aromatic N) is 3. The molecule has 2 atom stereocenters. The molecule has 2 N–H and O–H groups in total. The molecule has 2 heterocycles. The highest BCUT2D eigenvalue weighted by molar-refractivity contribution is 6.04. The molecule has 1 aliphatic heterocycles. The van der Waals surface area contributed by atoms with Gasteiger partial charge in [0.15, 0.2) is 0 Å². The van der Waals surface area contributed by atoms with E-state index < -0.39 is 0 Å². The van der Waals surface area contributed by atoms with Crippen molar-refractivity contribution in [3.63, 3.8) is 0 Å². The number of rotatable bonds is 3. The Morgan fingerprint density at radius 1 is 1.60 bits per heavy atom. The number of carbonyl (C=O) groups excluding carboxylic acids is 1. The summed E-state index contributed by atoms with van der Waals surface area (Å²) in [5.74, 6) is -0.0152. The Kier molecular flexibility index (Phi) is 2.48. The minimum Gasteiger partial charge on any atom is -0.318 e. The first-order chi connectivity index (χ1) is 7.15. The summed E-state index contributed by atoms with van der Waals surface area (Å²) in [6.45, 7) is 4.92. The molecule has 15 heavy (non-hydrogen) atoms. The van der Waals surface area contributed by atoms with Gasteiger partial charge < -0.3 is 10.6 Å². The number of carbonyl (C=O) groups is 1. The highest BCUT2D eigenvalue weighted by Crippen LogP contribution is 2.26. The van der Waals surface area contributed by atoms with Crippen molar-refractivity contribution in [2.45, 2.75) is 38.9 Å². The van der Waals surface area contributed by atoms with Gasteiger partial charge in [0.05, 0.1) is 17.9 Å². The van der Waals surface area contributed by atoms with E-state index in [1.807, 2.05) is 17.8 Å². The van der Waals surface area contributed by atoms with Crippen LogP contribution in [0, 0.1) is 0 Å². The molecular formula is C10H16N4O. The van der Waals surface area contributed by atoms with Gasteiger partial charge in [0, 0.05) is 12.7 Å². The highest BCUT2D eigenvalue weighted by atomic mass is 16.2. The van der Waals surface area contributed by atoms with Crippen molar-refractivity contribution in [3.05, 3.63) is 12.4 Å². The fourth-order valence-electron chi connectivity index (χ4n) is 1.84. The van der Waals surface area contributed by atoms with E-state index in [0.29, 0.717) is 0 Å². The molecule has 1 aromatic heterocycles. The smallest absolute Gasteiger partial charge is 0.246 e. The molecule has 1 fully saturated rings. The number of aromatic nitrogens is 2. The Morgan fingerprint density at radius 3 is 2.93 bits per heavy atom. The van der Waals surface area contributed by atoms with Crippen LogP contribution in [-0.4, -0.2) is 27.8 Å². The third kappa shape index (κ3) is 1.52. The maximum absolute atomic E-state index is 11.5. The summed E-state index contributed by atoms with van der Waals surface area (Å²) in [5, 5.41) is 4.18. The third-order valence-electron chi connectivity index (χ3n) is 2.80. The molecule has 0 aliphatic carbocycles. The lowest BCUT2D eigenvalue weighted by Gasteiger charge is -2.42. The van der Waals surface area contributed by atoms with Crippen LogP contribution in [0.15, 0.2) is 12.4 Å². The first-order valence-electron chi connectivity index (χ1n) is 5.26. The van der Waals surface area contributed by atoms with E-state index >= 15 is 0 Å². The van der Waals surface area contributed by atoms with Gasteiger partial charge >= 0.3 is 0 Å². The Hall–Kier alpha value is -1.36. The third-order valence-corrected chi connectivity index (χ3v) is 2.80. The van der Waals surface area contributed by atoms with Crippen LogP contribution in [0.3, 0.4) is 0 Å². The van der Waals surface area contributed by atoms with Gasteiger partial charge in [-0.1, -0.05) is 6.92 Å². The average molecular weight is 208 g/mol. The van der Waals surface area contributed by atoms with Gasteiger partial charge in [-0.3, -0.25) is 9.48 Å². The quantitative estimate of drug-likeness (QED) is 0.729. The number of β-lactam (4-membered cyclic amide) rings is 1. The fraction of sp³-hybridized carbons (Fsp3) is 0.600. The highest BCUT2D eigenvalue weighted by Gasteiger charge is 2.43. The Bertz CT molecular complexity index is 373. The number of nitrogens with two attached hydrogens (primary N) is 1. The SMILES string of the molecule is CCCn1cc(N2C(=O)[C@H](N)[C@@H]2C)cn1. The minimum atomic E-state index is -0.348. The van der Waals surface area contributed by atoms with Crippen LogP contribution in [0.25, 0.3) is 0 Å². The van der Waals surface area contributed by atoms with Crippen molar-refractivity contribution in [2.24, 2.45) is 5.73 Å². The summed E-state index contributed by atoms with van der Waals surface area (Å²) in [6.07, 6.45) is 4.64. The fourth-order valence-corrected chi connectivity index (χ4v) is 1.84. The van der Waals surface area contributed by atoms with Gasteiger partial charge in [-0.05, 0) is 13.3 Å². The molecule has 5 nitrogen and oxygen atoms in total. The van der Waals surface area contributed by atoms with Gasteiger partial charge in [-0.2, -0.15) is 5.10 Å². The van der Waals surface area contributed by atoms with Crippen LogP contribution in [0.5, 0.6) is 0 Å². The number of hydrogen-bond donors (Lipinski definition) is 1. The molecule has 0 unspecified atom stereocenters. The predicted octanol–water partition coefficient (Wildman–Crippen LogP) is 0.356. The van der Waals surface area contributed by atoms with Crippen LogP contribution in [0.1, 0.15) is 20.3 Å². The van der Waals surface area contributed by atoms with Gasteiger partial charge in [-0.15, -0.1) is 0 Å². The number of anilines is 1. The van der Waals surface area contributed by atoms with E-state index in [1.165, 1.54) is 0 Å². The maximum atomic E-state index is 11.5. The molecule has 5 heteroatoms. The number of hydrogen-bond acceptors (Lipinski definition) is 3. The first-order valence-corrected chi connectivity index (χ1v) is 5.26. The largest absolute Gasteiger partial charge is 0.318 e. The predicted molar refractivity (Wildman–Crippen MR) is 57.4 cm³/mol. The van der Waals surface area contributed by atoms with Crippen molar-refractivity contribution in [2.75, 3.05) is 4.90 Å². The summed E-state index contributed by atoms with van der Waals surface area (Å²) in [7, 11) is 0. The van der Waals surface area contributed by atoms with E-state index in [4.69, 9.17) is 5.73 Å². The molecule has 1 aromatic rings. The maximum Gasteiger partial charge on any atom is 0.246 e. The van der Waals surface area contributed by atoms with Crippen LogP contribution in [0.4, 0.5) is 5.69 Å². The molecule has 0 spiro atoms. The summed E-state index contributed by atoms with van der Waals surface area (Å²) < 4.78 is 1.85. The van der Waals surface area contributed by atoms with E-state index in [1.54, 1.807) is 11.1 Å². The van der Waals surface area contributed by atoms with E-state index in [0.717, 1.165) is 18.7 Å². The van der Waals surface area contributed by atoms with Crippen molar-refractivity contribution in [3.8, 4) is 0 Å². The van der Waals surface area contributed by atoms with E-state index in [9.17, 15) is 4.79 Å². The van der Waals surface area contributed by atoms with E-state index in [2.05, 4.69) is 12.0 Å². The van der Waals surface area contributed by atoms with Crippen LogP contribution < -0.4 is 10.6 Å². The first kappa shape index (κ1) is 10.2. The van der Waals surface area contributed by atoms with Gasteiger partial charge in [-0.25, -0.2) is 0 Å². The zero-order valence-corrected chi connectivity index (χ0v) is 9.05. The van der Waals surface area contributed by atoms with Crippen molar-refractivity contribution in [1.29, 1.82) is 0 Å². The number of amides is 1. The van der Waals surface area contributed by atoms with Crippen LogP contribution in [0.2, 0.25) is 0 Å². The zero-order chi connectivity index (χ0) is 11.0. The normalized spacial score (nSPS) is 25.5. The summed E-state index contributed by atoms with van der Waals surface area (Å²) in [5.41, 5.74) is 6.49. The summed E-state index contributed by atoms with van der Waals surface area (Å²) >= 11 is 0. The lowest BCUT2D eigenvalue weighted by Crippen LogP contribution is -2.67. The van der Waals surface area contributed by atoms with Crippen LogP contribution in [-0.2, 0) is 11.3 Å².